The van der Waals surface area contributed by atoms with Crippen LogP contribution in [0.3, 0.4) is 0 Å². The molecule has 2 aromatic rings. The number of rotatable bonds is 5. The molecule has 0 heterocycles. The van der Waals surface area contributed by atoms with E-state index in [2.05, 4.69) is 10.9 Å². The largest absolute Gasteiger partial charge is 0.273 e. The Bertz CT molecular complexity index is 756. The molecule has 0 unspecified atom stereocenters. The number of thioether (sulfide) groups is 1. The maximum Gasteiger partial charge on any atom is 0.271 e. The van der Waals surface area contributed by atoms with E-state index < -0.39 is 5.91 Å². The molecule has 2 aromatic carbocycles. The Balaban J connectivity index is 1.78. The number of hydrogen-bond donors (Lipinski definition) is 2. The minimum Gasteiger partial charge on any atom is -0.273 e. The minimum atomic E-state index is -0.533. The molecule has 0 spiro atoms. The van der Waals surface area contributed by atoms with Crippen LogP contribution in [0.4, 0.5) is 0 Å². The summed E-state index contributed by atoms with van der Waals surface area (Å²) in [6.45, 7) is 0. The van der Waals surface area contributed by atoms with Crippen LogP contribution in [-0.2, 0) is 4.79 Å². The molecule has 0 aliphatic heterocycles. The van der Waals surface area contributed by atoms with Crippen molar-refractivity contribution in [1.29, 1.82) is 0 Å². The van der Waals surface area contributed by atoms with Crippen molar-refractivity contribution >= 4 is 58.4 Å². The fourth-order valence-electron chi connectivity index (χ4n) is 1.74. The first-order chi connectivity index (χ1) is 11.5. The number of nitrogens with one attached hydrogen (secondary N) is 2. The average Bonchev–Trinajstić information content (AvgIpc) is 2.56. The van der Waals surface area contributed by atoms with Gasteiger partial charge in [0.2, 0.25) is 5.91 Å². The zero-order valence-corrected chi connectivity index (χ0v) is 15.4. The van der Waals surface area contributed by atoms with Crippen LogP contribution in [0.15, 0.2) is 47.4 Å². The van der Waals surface area contributed by atoms with Gasteiger partial charge in [-0.05, 0) is 30.3 Å². The van der Waals surface area contributed by atoms with E-state index in [1.165, 1.54) is 23.9 Å². The SMILES string of the molecule is O=C(CCSc1ccccc1Cl)NNC(=O)c1cc(Cl)ccc1Cl. The lowest BCUT2D eigenvalue weighted by Crippen LogP contribution is -2.41. The molecular weight excluding hydrogens is 391 g/mol. The van der Waals surface area contributed by atoms with Crippen LogP contribution in [0.2, 0.25) is 15.1 Å². The van der Waals surface area contributed by atoms with Crippen LogP contribution < -0.4 is 10.9 Å². The van der Waals surface area contributed by atoms with Crippen molar-refractivity contribution in [1.82, 2.24) is 10.9 Å². The van der Waals surface area contributed by atoms with Crippen LogP contribution in [0.5, 0.6) is 0 Å². The summed E-state index contributed by atoms with van der Waals surface area (Å²) in [4.78, 5) is 24.6. The average molecular weight is 404 g/mol. The van der Waals surface area contributed by atoms with Crippen molar-refractivity contribution in [3.05, 3.63) is 63.1 Å². The van der Waals surface area contributed by atoms with E-state index in [0.29, 0.717) is 15.8 Å². The van der Waals surface area contributed by atoms with Crippen molar-refractivity contribution < 1.29 is 9.59 Å². The van der Waals surface area contributed by atoms with Crippen LogP contribution >= 0.6 is 46.6 Å². The van der Waals surface area contributed by atoms with Gasteiger partial charge in [-0.3, -0.25) is 20.4 Å². The molecule has 24 heavy (non-hydrogen) atoms. The van der Waals surface area contributed by atoms with Gasteiger partial charge in [0.1, 0.15) is 0 Å². The normalized spacial score (nSPS) is 10.3. The Morgan fingerprint density at radius 3 is 2.46 bits per heavy atom. The third-order valence-electron chi connectivity index (χ3n) is 2.91. The van der Waals surface area contributed by atoms with Gasteiger partial charge in [-0.25, -0.2) is 0 Å². The Kier molecular flexibility index (Phi) is 7.24. The first-order valence-electron chi connectivity index (χ1n) is 6.89. The van der Waals surface area contributed by atoms with Crippen LogP contribution in [0.1, 0.15) is 16.8 Å². The molecule has 0 saturated carbocycles. The van der Waals surface area contributed by atoms with E-state index in [-0.39, 0.29) is 22.9 Å². The fourth-order valence-corrected chi connectivity index (χ4v) is 3.31. The monoisotopic (exact) mass is 402 g/mol. The maximum absolute atomic E-state index is 12.0. The highest BCUT2D eigenvalue weighted by Gasteiger charge is 2.12. The summed E-state index contributed by atoms with van der Waals surface area (Å²) in [7, 11) is 0. The van der Waals surface area contributed by atoms with E-state index in [1.54, 1.807) is 12.1 Å². The van der Waals surface area contributed by atoms with E-state index in [4.69, 9.17) is 34.8 Å². The zero-order chi connectivity index (χ0) is 17.5. The van der Waals surface area contributed by atoms with Crippen LogP contribution in [-0.4, -0.2) is 17.6 Å². The van der Waals surface area contributed by atoms with Crippen molar-refractivity contribution in [3.63, 3.8) is 0 Å². The van der Waals surface area contributed by atoms with Gasteiger partial charge < -0.3 is 0 Å². The summed E-state index contributed by atoms with van der Waals surface area (Å²) in [6.07, 6.45) is 0.222. The third kappa shape index (κ3) is 5.60. The highest BCUT2D eigenvalue weighted by Crippen LogP contribution is 2.26. The first-order valence-corrected chi connectivity index (χ1v) is 9.01. The molecule has 4 nitrogen and oxygen atoms in total. The zero-order valence-electron chi connectivity index (χ0n) is 12.3. The lowest BCUT2D eigenvalue weighted by molar-refractivity contribution is -0.121. The standard InChI is InChI=1S/C16H13Cl3N2O2S/c17-10-5-6-12(18)11(9-10)16(23)21-20-15(22)7-8-24-14-4-2-1-3-13(14)19/h1-6,9H,7-8H2,(H,20,22)(H,21,23). The molecule has 0 aliphatic rings. The summed E-state index contributed by atoms with van der Waals surface area (Å²) in [5.41, 5.74) is 4.84. The van der Waals surface area contributed by atoms with Gasteiger partial charge >= 0.3 is 0 Å². The number of benzene rings is 2. The predicted molar refractivity (Wildman–Crippen MR) is 98.9 cm³/mol. The van der Waals surface area contributed by atoms with E-state index in [9.17, 15) is 9.59 Å². The lowest BCUT2D eigenvalue weighted by Gasteiger charge is -2.09. The highest BCUT2D eigenvalue weighted by molar-refractivity contribution is 7.99. The Labute approximate surface area is 158 Å². The molecule has 0 bridgehead atoms. The van der Waals surface area contributed by atoms with Crippen molar-refractivity contribution in [2.75, 3.05) is 5.75 Å². The molecule has 126 valence electrons. The molecule has 2 rings (SSSR count). The summed E-state index contributed by atoms with van der Waals surface area (Å²) in [6, 6.07) is 11.9. The Morgan fingerprint density at radius 1 is 0.958 bits per heavy atom. The van der Waals surface area contributed by atoms with E-state index in [1.807, 2.05) is 18.2 Å². The predicted octanol–water partition coefficient (Wildman–Crippen LogP) is 4.59. The molecule has 8 heteroatoms. The third-order valence-corrected chi connectivity index (χ3v) is 4.99. The number of amides is 2. The fraction of sp³-hybridized carbons (Fsp3) is 0.125. The van der Waals surface area contributed by atoms with Crippen molar-refractivity contribution in [3.8, 4) is 0 Å². The molecule has 0 saturated heterocycles. The second-order valence-electron chi connectivity index (χ2n) is 4.66. The number of carbonyl (C=O) groups is 2. The Morgan fingerprint density at radius 2 is 1.71 bits per heavy atom. The number of halogens is 3. The Hall–Kier alpha value is -1.40. The smallest absolute Gasteiger partial charge is 0.271 e. The number of hydrazine groups is 1. The van der Waals surface area contributed by atoms with Gasteiger partial charge in [-0.15, -0.1) is 11.8 Å². The van der Waals surface area contributed by atoms with E-state index in [0.717, 1.165) is 4.90 Å². The molecule has 0 aromatic heterocycles. The van der Waals surface area contributed by atoms with Gasteiger partial charge in [0, 0.05) is 22.1 Å². The minimum absolute atomic E-state index is 0.190. The summed E-state index contributed by atoms with van der Waals surface area (Å²) >= 11 is 19.3. The van der Waals surface area contributed by atoms with E-state index >= 15 is 0 Å². The molecular formula is C16H13Cl3N2O2S. The quantitative estimate of drug-likeness (QED) is 0.567. The topological polar surface area (TPSA) is 58.2 Å². The highest BCUT2D eigenvalue weighted by atomic mass is 35.5. The lowest BCUT2D eigenvalue weighted by atomic mass is 10.2. The van der Waals surface area contributed by atoms with Crippen LogP contribution in [0, 0.1) is 0 Å². The van der Waals surface area contributed by atoms with Gasteiger partial charge in [-0.1, -0.05) is 46.9 Å². The van der Waals surface area contributed by atoms with Gasteiger partial charge in [0.15, 0.2) is 0 Å². The van der Waals surface area contributed by atoms with Crippen molar-refractivity contribution in [2.45, 2.75) is 11.3 Å². The van der Waals surface area contributed by atoms with Gasteiger partial charge in [0.25, 0.3) is 5.91 Å². The molecule has 0 aliphatic carbocycles. The maximum atomic E-state index is 12.0. The molecule has 2 N–H and O–H groups in total. The van der Waals surface area contributed by atoms with Gasteiger partial charge in [-0.2, -0.15) is 0 Å². The number of hydrogen-bond acceptors (Lipinski definition) is 3. The summed E-state index contributed by atoms with van der Waals surface area (Å²) < 4.78 is 0. The molecule has 0 fully saturated rings. The second kappa shape index (κ2) is 9.18. The van der Waals surface area contributed by atoms with Crippen molar-refractivity contribution in [2.24, 2.45) is 0 Å². The molecule has 0 atom stereocenters. The van der Waals surface area contributed by atoms with Gasteiger partial charge in [0.05, 0.1) is 15.6 Å². The molecule has 2 amide bonds. The second-order valence-corrected chi connectivity index (χ2v) is 7.04. The summed E-state index contributed by atoms with van der Waals surface area (Å²) in [5.74, 6) is -0.320. The number of carbonyl (C=O) groups excluding carboxylic acids is 2. The molecule has 0 radical (unpaired) electrons. The summed E-state index contributed by atoms with van der Waals surface area (Å²) in [5, 5.41) is 1.28. The van der Waals surface area contributed by atoms with Crippen LogP contribution in [0.25, 0.3) is 0 Å². The first kappa shape index (κ1) is 18.9.